The number of allylic oxidation sites excluding steroid dienone is 2. The fraction of sp³-hybridized carbons (Fsp3) is 0.300. The molecule has 2 aliphatic heterocycles. The predicted octanol–water partition coefficient (Wildman–Crippen LogP) is 7.59. The second-order valence-electron chi connectivity index (χ2n) is 9.34. The van der Waals surface area contributed by atoms with Crippen molar-refractivity contribution in [2.75, 3.05) is 13.2 Å². The fourth-order valence-electron chi connectivity index (χ4n) is 4.84. The van der Waals surface area contributed by atoms with Crippen molar-refractivity contribution < 1.29 is 17.9 Å². The minimum absolute atomic E-state index is 0.484. The van der Waals surface area contributed by atoms with Crippen molar-refractivity contribution in [3.05, 3.63) is 95.2 Å². The van der Waals surface area contributed by atoms with Crippen LogP contribution in [0.3, 0.4) is 0 Å². The monoisotopic (exact) mass is 490 g/mol. The third kappa shape index (κ3) is 5.71. The van der Waals surface area contributed by atoms with Gasteiger partial charge in [0.2, 0.25) is 0 Å². The van der Waals surface area contributed by atoms with Gasteiger partial charge < -0.3 is 10.1 Å². The zero-order valence-corrected chi connectivity index (χ0v) is 20.0. The van der Waals surface area contributed by atoms with Crippen LogP contribution in [0.4, 0.5) is 18.9 Å². The molecule has 3 nitrogen and oxygen atoms in total. The predicted molar refractivity (Wildman–Crippen MR) is 138 cm³/mol. The Kier molecular flexibility index (Phi) is 7.23. The summed E-state index contributed by atoms with van der Waals surface area (Å²) in [5.74, 6) is 0.865. The van der Waals surface area contributed by atoms with Gasteiger partial charge in [-0.3, -0.25) is 4.99 Å². The topological polar surface area (TPSA) is 33.6 Å². The van der Waals surface area contributed by atoms with Crippen LogP contribution in [0.15, 0.2) is 83.5 Å². The Hall–Kier alpha value is -3.38. The van der Waals surface area contributed by atoms with E-state index < -0.39 is 11.7 Å². The maximum Gasteiger partial charge on any atom is 0.416 e. The molecule has 6 heteroatoms. The summed E-state index contributed by atoms with van der Waals surface area (Å²) < 4.78 is 45.4. The summed E-state index contributed by atoms with van der Waals surface area (Å²) in [4.78, 5) is 4.75. The van der Waals surface area contributed by atoms with Crippen molar-refractivity contribution in [2.45, 2.75) is 44.3 Å². The first-order valence-corrected chi connectivity index (χ1v) is 12.5. The van der Waals surface area contributed by atoms with Crippen LogP contribution in [-0.4, -0.2) is 25.4 Å². The lowest BCUT2D eigenvalue weighted by Crippen LogP contribution is -2.34. The van der Waals surface area contributed by atoms with Gasteiger partial charge in [0.25, 0.3) is 0 Å². The highest BCUT2D eigenvalue weighted by atomic mass is 19.4. The van der Waals surface area contributed by atoms with Crippen molar-refractivity contribution in [1.29, 1.82) is 0 Å². The number of hydrogen-bond donors (Lipinski definition) is 1. The highest BCUT2D eigenvalue weighted by Gasteiger charge is 2.30. The van der Waals surface area contributed by atoms with Crippen LogP contribution in [0.5, 0.6) is 0 Å². The molecular formula is C30H29F3N2O. The summed E-state index contributed by atoms with van der Waals surface area (Å²) >= 11 is 0. The summed E-state index contributed by atoms with van der Waals surface area (Å²) in [7, 11) is 0. The lowest BCUT2D eigenvalue weighted by atomic mass is 9.97. The summed E-state index contributed by atoms with van der Waals surface area (Å²) in [6, 6.07) is 21.7. The highest BCUT2D eigenvalue weighted by Crippen LogP contribution is 2.35. The molecule has 0 radical (unpaired) electrons. The molecule has 2 aliphatic rings. The number of nitrogens with one attached hydrogen (secondary N) is 1. The van der Waals surface area contributed by atoms with E-state index in [4.69, 9.17) is 9.73 Å². The number of hydrogen-bond acceptors (Lipinski definition) is 3. The van der Waals surface area contributed by atoms with Gasteiger partial charge in [0.15, 0.2) is 0 Å². The molecule has 2 heterocycles. The maximum absolute atomic E-state index is 13.0. The van der Waals surface area contributed by atoms with Crippen LogP contribution in [0.25, 0.3) is 16.7 Å². The van der Waals surface area contributed by atoms with Crippen molar-refractivity contribution in [3.63, 3.8) is 0 Å². The van der Waals surface area contributed by atoms with Gasteiger partial charge in [0.05, 0.1) is 17.9 Å². The van der Waals surface area contributed by atoms with Crippen LogP contribution >= 0.6 is 0 Å². The Morgan fingerprint density at radius 1 is 0.889 bits per heavy atom. The number of nitrogens with zero attached hydrogens (tertiary/aromatic N) is 1. The van der Waals surface area contributed by atoms with Gasteiger partial charge in [-0.15, -0.1) is 0 Å². The maximum atomic E-state index is 13.0. The van der Waals surface area contributed by atoms with E-state index in [1.807, 2.05) is 42.6 Å². The quantitative estimate of drug-likeness (QED) is 0.386. The second-order valence-corrected chi connectivity index (χ2v) is 9.34. The molecule has 0 aromatic heterocycles. The molecule has 1 fully saturated rings. The van der Waals surface area contributed by atoms with E-state index in [2.05, 4.69) is 17.4 Å². The van der Waals surface area contributed by atoms with Gasteiger partial charge in [-0.25, -0.2) is 0 Å². The summed E-state index contributed by atoms with van der Waals surface area (Å²) in [6.45, 7) is 1.68. The number of fused-ring (bicyclic) bond motifs is 1. The number of alkyl halides is 3. The molecule has 0 aliphatic carbocycles. The number of benzene rings is 3. The first-order chi connectivity index (χ1) is 17.5. The van der Waals surface area contributed by atoms with Crippen LogP contribution in [0.2, 0.25) is 0 Å². The highest BCUT2D eigenvalue weighted by molar-refractivity contribution is 6.12. The van der Waals surface area contributed by atoms with Gasteiger partial charge in [-0.05, 0) is 72.3 Å². The van der Waals surface area contributed by atoms with Crippen molar-refractivity contribution in [2.24, 2.45) is 4.99 Å². The number of rotatable bonds is 6. The lowest BCUT2D eigenvalue weighted by molar-refractivity contribution is -0.137. The Morgan fingerprint density at radius 3 is 2.39 bits per heavy atom. The zero-order valence-electron chi connectivity index (χ0n) is 20.0. The van der Waals surface area contributed by atoms with E-state index in [1.54, 1.807) is 0 Å². The van der Waals surface area contributed by atoms with E-state index in [0.29, 0.717) is 19.1 Å². The minimum atomic E-state index is -4.35. The number of aliphatic imine (C=N–C) groups is 1. The molecule has 186 valence electrons. The average Bonchev–Trinajstić information content (AvgIpc) is 3.08. The molecule has 1 unspecified atom stereocenters. The normalized spacial score (nSPS) is 18.0. The molecule has 3 aromatic carbocycles. The SMILES string of the molecule is FC(F)(F)c1ccc(-c2ccc3c(c2)CC(OCCC2CCCCN2)=C(c2ccccc2)C=N3)cc1. The average molecular weight is 491 g/mol. The van der Waals surface area contributed by atoms with Crippen molar-refractivity contribution >= 4 is 17.5 Å². The largest absolute Gasteiger partial charge is 0.497 e. The fourth-order valence-corrected chi connectivity index (χ4v) is 4.84. The van der Waals surface area contributed by atoms with Crippen LogP contribution in [0.1, 0.15) is 42.4 Å². The molecular weight excluding hydrogens is 461 g/mol. The van der Waals surface area contributed by atoms with Gasteiger partial charge in [-0.1, -0.05) is 55.0 Å². The van der Waals surface area contributed by atoms with Gasteiger partial charge in [0.1, 0.15) is 5.76 Å². The lowest BCUT2D eigenvalue weighted by Gasteiger charge is -2.24. The van der Waals surface area contributed by atoms with Gasteiger partial charge in [-0.2, -0.15) is 13.2 Å². The Bertz CT molecular complexity index is 1240. The van der Waals surface area contributed by atoms with E-state index in [1.165, 1.54) is 31.4 Å². The van der Waals surface area contributed by atoms with E-state index in [9.17, 15) is 13.2 Å². The zero-order chi connectivity index (χ0) is 25.0. The molecule has 0 bridgehead atoms. The number of piperidine rings is 1. The molecule has 0 spiro atoms. The van der Waals surface area contributed by atoms with Gasteiger partial charge >= 0.3 is 6.18 Å². The third-order valence-electron chi connectivity index (χ3n) is 6.85. The van der Waals surface area contributed by atoms with Crippen molar-refractivity contribution in [1.82, 2.24) is 5.32 Å². The molecule has 5 rings (SSSR count). The standard InChI is InChI=1S/C30H29F3N2O/c31-30(32,33)25-12-9-21(10-13-25)23-11-14-28-24(18-23)19-29(36-17-15-26-8-4-5-16-34-26)27(20-35-28)22-6-2-1-3-7-22/h1-3,6-7,9-14,18,20,26,34H,4-5,8,15-17,19H2. The molecule has 0 saturated carbocycles. The van der Waals surface area contributed by atoms with Crippen LogP contribution < -0.4 is 5.32 Å². The smallest absolute Gasteiger partial charge is 0.416 e. The molecule has 1 saturated heterocycles. The second kappa shape index (κ2) is 10.7. The van der Waals surface area contributed by atoms with Crippen molar-refractivity contribution in [3.8, 4) is 11.1 Å². The first kappa shape index (κ1) is 24.3. The Balaban J connectivity index is 1.42. The Labute approximate surface area is 209 Å². The molecule has 36 heavy (non-hydrogen) atoms. The minimum Gasteiger partial charge on any atom is -0.497 e. The molecule has 3 aromatic rings. The van der Waals surface area contributed by atoms with Crippen LogP contribution in [-0.2, 0) is 17.3 Å². The van der Waals surface area contributed by atoms with E-state index in [-0.39, 0.29) is 0 Å². The molecule has 0 amide bonds. The number of ether oxygens (including phenoxy) is 1. The molecule has 1 atom stereocenters. The Morgan fingerprint density at radius 2 is 1.67 bits per heavy atom. The summed E-state index contributed by atoms with van der Waals surface area (Å²) in [5.41, 5.74) is 4.77. The summed E-state index contributed by atoms with van der Waals surface area (Å²) in [6.07, 6.45) is 2.69. The summed E-state index contributed by atoms with van der Waals surface area (Å²) in [5, 5.41) is 3.57. The molecule has 1 N–H and O–H groups in total. The van der Waals surface area contributed by atoms with E-state index in [0.717, 1.165) is 64.4 Å². The van der Waals surface area contributed by atoms with E-state index >= 15 is 0 Å². The number of halogens is 3. The first-order valence-electron chi connectivity index (χ1n) is 12.5. The third-order valence-corrected chi connectivity index (χ3v) is 6.85. The van der Waals surface area contributed by atoms with Gasteiger partial charge in [0, 0.05) is 24.3 Å². The van der Waals surface area contributed by atoms with Crippen LogP contribution in [0, 0.1) is 0 Å².